The summed E-state index contributed by atoms with van der Waals surface area (Å²) in [6.07, 6.45) is 9.00. The molecule has 24 heavy (non-hydrogen) atoms. The van der Waals surface area contributed by atoms with Gasteiger partial charge in [0.25, 0.3) is 0 Å². The van der Waals surface area contributed by atoms with E-state index >= 15 is 0 Å². The van der Waals surface area contributed by atoms with Crippen molar-refractivity contribution < 1.29 is 0 Å². The van der Waals surface area contributed by atoms with Gasteiger partial charge in [-0.3, -0.25) is 14.3 Å². The Bertz CT molecular complexity index is 690. The van der Waals surface area contributed by atoms with Crippen molar-refractivity contribution in [2.45, 2.75) is 44.6 Å². The van der Waals surface area contributed by atoms with Crippen LogP contribution in [0.4, 0.5) is 0 Å². The molecule has 0 aromatic carbocycles. The van der Waals surface area contributed by atoms with Gasteiger partial charge in [-0.25, -0.2) is 4.98 Å². The molecule has 2 aromatic rings. The van der Waals surface area contributed by atoms with Crippen LogP contribution in [0.15, 0.2) is 17.0 Å². The fourth-order valence-corrected chi connectivity index (χ4v) is 4.86. The van der Waals surface area contributed by atoms with Crippen molar-refractivity contribution in [2.24, 2.45) is 0 Å². The number of nitrogens with one attached hydrogen (secondary N) is 1. The van der Waals surface area contributed by atoms with Gasteiger partial charge in [-0.05, 0) is 48.5 Å². The van der Waals surface area contributed by atoms with Gasteiger partial charge in [-0.1, -0.05) is 0 Å². The minimum atomic E-state index is 0. The minimum Gasteiger partial charge on any atom is -0.314 e. The predicted molar refractivity (Wildman–Crippen MR) is 102 cm³/mol. The van der Waals surface area contributed by atoms with E-state index in [1.54, 1.807) is 0 Å². The number of nitrogens with zero attached hydrogens (tertiary/aromatic N) is 4. The Hall–Kier alpha value is -0.690. The molecule has 0 radical (unpaired) electrons. The summed E-state index contributed by atoms with van der Waals surface area (Å²) in [4.78, 5) is 11.9. The van der Waals surface area contributed by atoms with Gasteiger partial charge < -0.3 is 5.32 Å². The van der Waals surface area contributed by atoms with Crippen molar-refractivity contribution in [1.29, 1.82) is 0 Å². The third-order valence-corrected chi connectivity index (χ3v) is 6.01. The number of imidazole rings is 1. The van der Waals surface area contributed by atoms with Gasteiger partial charge >= 0.3 is 0 Å². The zero-order valence-corrected chi connectivity index (χ0v) is 16.4. The van der Waals surface area contributed by atoms with Gasteiger partial charge in [0, 0.05) is 50.5 Å². The Morgan fingerprint density at radius 1 is 1.17 bits per heavy atom. The number of piperazine rings is 1. The van der Waals surface area contributed by atoms with Crippen molar-refractivity contribution in [1.82, 2.24) is 24.6 Å². The zero-order valence-electron chi connectivity index (χ0n) is 14.0. The fraction of sp³-hybridized carbons (Fsp3) is 0.647. The molecule has 1 saturated heterocycles. The highest BCUT2D eigenvalue weighted by Crippen LogP contribution is 2.36. The van der Waals surface area contributed by atoms with E-state index in [1.807, 2.05) is 13.1 Å². The highest BCUT2D eigenvalue weighted by Gasteiger charge is 2.29. The number of aromatic nitrogens is 3. The first kappa shape index (κ1) is 18.1. The minimum absolute atomic E-state index is 0. The van der Waals surface area contributed by atoms with Gasteiger partial charge in [0.15, 0.2) is 0 Å². The first-order valence-electron chi connectivity index (χ1n) is 8.68. The summed E-state index contributed by atoms with van der Waals surface area (Å²) in [7, 11) is 0. The summed E-state index contributed by atoms with van der Waals surface area (Å²) in [6.45, 7) is 6.75. The standard InChI is InChI=1S/C17H24BrN5.ClH/c1-12-15-16(18)21-17(23(15)11-8-20-12)13-2-4-14(5-3-13)22-9-6-19-7-10-22;/h8,11,13-14,19H,2-7,9-10H2,1H3;1H/t13-,14-;. The lowest BCUT2D eigenvalue weighted by Crippen LogP contribution is -2.49. The van der Waals surface area contributed by atoms with E-state index in [1.165, 1.54) is 44.6 Å². The number of hydrogen-bond donors (Lipinski definition) is 1. The highest BCUT2D eigenvalue weighted by atomic mass is 79.9. The molecule has 0 bridgehead atoms. The third-order valence-electron chi connectivity index (χ3n) is 5.45. The van der Waals surface area contributed by atoms with Crippen LogP contribution in [0.25, 0.3) is 5.52 Å². The molecule has 0 amide bonds. The maximum absolute atomic E-state index is 4.83. The van der Waals surface area contributed by atoms with E-state index in [0.29, 0.717) is 5.92 Å². The van der Waals surface area contributed by atoms with Crippen molar-refractivity contribution in [3.8, 4) is 0 Å². The van der Waals surface area contributed by atoms with Crippen LogP contribution >= 0.6 is 28.3 Å². The summed E-state index contributed by atoms with van der Waals surface area (Å²) in [5.41, 5.74) is 2.15. The van der Waals surface area contributed by atoms with Crippen molar-refractivity contribution >= 4 is 33.9 Å². The van der Waals surface area contributed by atoms with Crippen LogP contribution < -0.4 is 5.32 Å². The molecule has 1 saturated carbocycles. The molecule has 3 heterocycles. The molecular weight excluding hydrogens is 390 g/mol. The molecule has 2 fully saturated rings. The Balaban J connectivity index is 0.00000169. The number of aryl methyl sites for hydroxylation is 1. The number of rotatable bonds is 2. The molecule has 0 spiro atoms. The van der Waals surface area contributed by atoms with Crippen molar-refractivity contribution in [3.05, 3.63) is 28.5 Å². The quantitative estimate of drug-likeness (QED) is 0.820. The first-order chi connectivity index (χ1) is 11.2. The molecule has 1 aliphatic carbocycles. The topological polar surface area (TPSA) is 45.5 Å². The van der Waals surface area contributed by atoms with Crippen LogP contribution in [-0.4, -0.2) is 51.5 Å². The summed E-state index contributed by atoms with van der Waals surface area (Å²) in [6, 6.07) is 0.770. The molecule has 7 heteroatoms. The number of halogens is 2. The predicted octanol–water partition coefficient (Wildman–Crippen LogP) is 3.15. The number of hydrogen-bond acceptors (Lipinski definition) is 4. The molecule has 5 nitrogen and oxygen atoms in total. The van der Waals surface area contributed by atoms with Crippen LogP contribution in [0, 0.1) is 6.92 Å². The summed E-state index contributed by atoms with van der Waals surface area (Å²) in [5.74, 6) is 1.77. The molecule has 2 aliphatic rings. The van der Waals surface area contributed by atoms with Crippen LogP contribution in [-0.2, 0) is 0 Å². The van der Waals surface area contributed by atoms with Gasteiger partial charge in [-0.15, -0.1) is 12.4 Å². The fourth-order valence-electron chi connectivity index (χ4n) is 4.20. The zero-order chi connectivity index (χ0) is 15.8. The van der Waals surface area contributed by atoms with Crippen LogP contribution in [0.1, 0.15) is 43.1 Å². The van der Waals surface area contributed by atoms with Gasteiger partial charge in [0.1, 0.15) is 15.9 Å². The van der Waals surface area contributed by atoms with E-state index in [0.717, 1.165) is 34.9 Å². The lowest BCUT2D eigenvalue weighted by atomic mass is 9.84. The molecule has 1 N–H and O–H groups in total. The van der Waals surface area contributed by atoms with Crippen LogP contribution in [0.5, 0.6) is 0 Å². The molecule has 0 atom stereocenters. The van der Waals surface area contributed by atoms with E-state index in [2.05, 4.69) is 41.7 Å². The normalized spacial score (nSPS) is 25.6. The largest absolute Gasteiger partial charge is 0.314 e. The van der Waals surface area contributed by atoms with Crippen LogP contribution in [0.2, 0.25) is 0 Å². The Kier molecular flexibility index (Phi) is 5.80. The third kappa shape index (κ3) is 3.34. The lowest BCUT2D eigenvalue weighted by molar-refractivity contribution is 0.132. The SMILES string of the molecule is Cc1nccn2c1c(Br)nc2[C@H]1CC[C@H](N2CCNCC2)CC1.Cl. The van der Waals surface area contributed by atoms with Crippen molar-refractivity contribution in [3.63, 3.8) is 0 Å². The molecule has 1 aliphatic heterocycles. The number of fused-ring (bicyclic) bond motifs is 1. The second kappa shape index (κ2) is 7.68. The molecular formula is C17H25BrClN5. The second-order valence-electron chi connectivity index (χ2n) is 6.78. The van der Waals surface area contributed by atoms with E-state index < -0.39 is 0 Å². The summed E-state index contributed by atoms with van der Waals surface area (Å²) in [5, 5.41) is 3.45. The Morgan fingerprint density at radius 3 is 2.58 bits per heavy atom. The molecule has 2 aromatic heterocycles. The molecule has 0 unspecified atom stereocenters. The maximum atomic E-state index is 4.83. The Morgan fingerprint density at radius 2 is 1.88 bits per heavy atom. The average Bonchev–Trinajstić information content (AvgIpc) is 2.94. The van der Waals surface area contributed by atoms with E-state index in [9.17, 15) is 0 Å². The highest BCUT2D eigenvalue weighted by molar-refractivity contribution is 9.10. The first-order valence-corrected chi connectivity index (χ1v) is 9.47. The van der Waals surface area contributed by atoms with E-state index in [-0.39, 0.29) is 12.4 Å². The van der Waals surface area contributed by atoms with Gasteiger partial charge in [-0.2, -0.15) is 0 Å². The second-order valence-corrected chi connectivity index (χ2v) is 7.53. The maximum Gasteiger partial charge on any atom is 0.134 e. The molecule has 4 rings (SSSR count). The summed E-state index contributed by atoms with van der Waals surface area (Å²) < 4.78 is 3.17. The smallest absolute Gasteiger partial charge is 0.134 e. The lowest BCUT2D eigenvalue weighted by Gasteiger charge is -2.38. The van der Waals surface area contributed by atoms with Crippen LogP contribution in [0.3, 0.4) is 0 Å². The van der Waals surface area contributed by atoms with E-state index in [4.69, 9.17) is 4.98 Å². The monoisotopic (exact) mass is 413 g/mol. The van der Waals surface area contributed by atoms with Gasteiger partial charge in [0.2, 0.25) is 0 Å². The molecule has 132 valence electrons. The Labute approximate surface area is 157 Å². The van der Waals surface area contributed by atoms with Gasteiger partial charge in [0.05, 0.1) is 5.69 Å². The van der Waals surface area contributed by atoms with Crippen molar-refractivity contribution in [2.75, 3.05) is 26.2 Å². The summed E-state index contributed by atoms with van der Waals surface area (Å²) >= 11 is 3.62. The average molecular weight is 415 g/mol.